The number of carbonyl (C=O) groups is 1. The van der Waals surface area contributed by atoms with E-state index in [4.69, 9.17) is 0 Å². The summed E-state index contributed by atoms with van der Waals surface area (Å²) in [5, 5.41) is 8.95. The van der Waals surface area contributed by atoms with Crippen molar-refractivity contribution in [2.24, 2.45) is 7.05 Å². The van der Waals surface area contributed by atoms with Crippen LogP contribution in [0.1, 0.15) is 21.7 Å². The molecule has 3 aromatic heterocycles. The van der Waals surface area contributed by atoms with Gasteiger partial charge in [0.25, 0.3) is 0 Å². The second-order valence-corrected chi connectivity index (χ2v) is 18.8. The Balaban J connectivity index is 1.75. The number of rotatable bonds is 5. The molecule has 0 radical (unpaired) electrons. The van der Waals surface area contributed by atoms with Crippen molar-refractivity contribution in [1.29, 1.82) is 0 Å². The quantitative estimate of drug-likeness (QED) is 0.483. The van der Waals surface area contributed by atoms with Crippen LogP contribution < -0.4 is 9.25 Å². The van der Waals surface area contributed by atoms with Gasteiger partial charge in [-0.25, -0.2) is 0 Å². The van der Waals surface area contributed by atoms with Crippen LogP contribution in [0, 0.1) is 13.8 Å². The third kappa shape index (κ3) is 4.44. The first-order chi connectivity index (χ1) is 12.6. The van der Waals surface area contributed by atoms with Crippen LogP contribution in [0.25, 0.3) is 5.82 Å². The van der Waals surface area contributed by atoms with E-state index in [1.54, 1.807) is 15.4 Å². The molecule has 0 bridgehead atoms. The predicted molar refractivity (Wildman–Crippen MR) is 110 cm³/mol. The zero-order valence-corrected chi connectivity index (χ0v) is 19.4. The molecule has 0 spiro atoms. The average molecular weight is 445 g/mol. The fourth-order valence-corrected chi connectivity index (χ4v) is 5.37. The summed E-state index contributed by atoms with van der Waals surface area (Å²) in [6.45, 7) is 3.75. The van der Waals surface area contributed by atoms with E-state index in [1.807, 2.05) is 39.4 Å². The van der Waals surface area contributed by atoms with Gasteiger partial charge in [0.2, 0.25) is 0 Å². The number of nitrogens with zero attached hydrogens (tertiary/aromatic N) is 5. The topological polar surface area (TPSA) is 77.6 Å². The van der Waals surface area contributed by atoms with Gasteiger partial charge in [-0.1, -0.05) is 0 Å². The molecule has 3 heterocycles. The third-order valence-corrected chi connectivity index (χ3v) is 8.82. The Bertz CT molecular complexity index is 988. The summed E-state index contributed by atoms with van der Waals surface area (Å²) >= 11 is -0.707. The normalized spacial score (nSPS) is 11.6. The van der Waals surface area contributed by atoms with Crippen molar-refractivity contribution in [2.45, 2.75) is 36.0 Å². The van der Waals surface area contributed by atoms with Crippen LogP contribution in [0.2, 0.25) is 17.3 Å². The zero-order valence-electron chi connectivity index (χ0n) is 16.4. The molecular formula is C18H24GeN6OS. The first kappa shape index (κ1) is 19.7. The van der Waals surface area contributed by atoms with Gasteiger partial charge < -0.3 is 0 Å². The summed E-state index contributed by atoms with van der Waals surface area (Å²) in [6.07, 6.45) is 3.82. The molecule has 0 fully saturated rings. The molecule has 3 aromatic rings. The van der Waals surface area contributed by atoms with Crippen LogP contribution in [0.5, 0.6) is 0 Å². The fourth-order valence-electron chi connectivity index (χ4n) is 2.60. The Morgan fingerprint density at radius 3 is 2.41 bits per heavy atom. The molecule has 0 saturated heterocycles. The number of nitrogens with one attached hydrogen (secondary N) is 1. The molecule has 0 aliphatic heterocycles. The van der Waals surface area contributed by atoms with Gasteiger partial charge in [-0.3, -0.25) is 4.68 Å². The maximum absolute atomic E-state index is 12.5. The van der Waals surface area contributed by atoms with E-state index in [2.05, 4.69) is 43.2 Å². The van der Waals surface area contributed by atoms with Crippen molar-refractivity contribution < 1.29 is 4.79 Å². The summed E-state index contributed by atoms with van der Waals surface area (Å²) in [5.74, 6) is 7.46. The second-order valence-electron chi connectivity index (χ2n) is 7.48. The van der Waals surface area contributed by atoms with E-state index in [0.717, 1.165) is 16.4 Å². The molecule has 1 N–H and O–H groups in total. The van der Waals surface area contributed by atoms with E-state index >= 15 is 0 Å². The summed E-state index contributed by atoms with van der Waals surface area (Å²) < 4.78 is 7.56. The summed E-state index contributed by atoms with van der Waals surface area (Å²) in [5.41, 5.74) is 2.10. The number of amides is 1. The van der Waals surface area contributed by atoms with Gasteiger partial charge in [0.05, 0.1) is 0 Å². The molecule has 0 aliphatic carbocycles. The first-order valence-corrected chi connectivity index (χ1v) is 16.8. The average Bonchev–Trinajstić information content (AvgIpc) is 3.19. The van der Waals surface area contributed by atoms with Crippen LogP contribution in [0.3, 0.4) is 0 Å². The van der Waals surface area contributed by atoms with Crippen LogP contribution in [-0.4, -0.2) is 43.7 Å². The van der Waals surface area contributed by atoms with Gasteiger partial charge in [0, 0.05) is 7.05 Å². The fraction of sp³-hybridized carbons (Fsp3) is 0.333. The van der Waals surface area contributed by atoms with E-state index < -0.39 is 13.3 Å². The SMILES string of the molecule is Cc1nn(C)cc1SNC(=O)c1ccc(-n2cc[c]([Ge]([CH3])([CH3])[CH3])n2)nc1C. The first-order valence-electron chi connectivity index (χ1n) is 8.67. The molecule has 7 nitrogen and oxygen atoms in total. The van der Waals surface area contributed by atoms with Crippen LogP contribution in [0.15, 0.2) is 35.5 Å². The molecule has 1 amide bonds. The van der Waals surface area contributed by atoms with Gasteiger partial charge in [0.1, 0.15) is 0 Å². The number of carbonyl (C=O) groups excluding carboxylic acids is 1. The third-order valence-electron chi connectivity index (χ3n) is 4.13. The van der Waals surface area contributed by atoms with E-state index in [9.17, 15) is 4.79 Å². The molecule has 3 rings (SSSR count). The number of hydrogen-bond acceptors (Lipinski definition) is 5. The van der Waals surface area contributed by atoms with Gasteiger partial charge in [-0.2, -0.15) is 5.10 Å². The summed E-state index contributed by atoms with van der Waals surface area (Å²) in [6, 6.07) is 5.70. The summed E-state index contributed by atoms with van der Waals surface area (Å²) in [4.78, 5) is 18.0. The number of hydrogen-bond donors (Lipinski definition) is 1. The molecule has 0 aliphatic rings. The molecule has 0 saturated carbocycles. The van der Waals surface area contributed by atoms with Crippen molar-refractivity contribution in [3.63, 3.8) is 0 Å². The number of aryl methyl sites for hydroxylation is 3. The number of pyridine rings is 1. The van der Waals surface area contributed by atoms with Crippen molar-refractivity contribution >= 4 is 35.6 Å². The van der Waals surface area contributed by atoms with Crippen LogP contribution in [-0.2, 0) is 7.05 Å². The molecule has 142 valence electrons. The second kappa shape index (κ2) is 7.51. The molecule has 9 heteroatoms. The monoisotopic (exact) mass is 446 g/mol. The molecule has 0 atom stereocenters. The Morgan fingerprint density at radius 1 is 1.11 bits per heavy atom. The molecule has 0 unspecified atom stereocenters. The predicted octanol–water partition coefficient (Wildman–Crippen LogP) is 2.60. The number of aromatic nitrogens is 5. The summed E-state index contributed by atoms with van der Waals surface area (Å²) in [7, 11) is 1.86. The Morgan fingerprint density at radius 2 is 1.85 bits per heavy atom. The zero-order chi connectivity index (χ0) is 19.8. The van der Waals surface area contributed by atoms with Crippen molar-refractivity contribution in [2.75, 3.05) is 0 Å². The van der Waals surface area contributed by atoms with E-state index in [-0.39, 0.29) is 5.91 Å². The van der Waals surface area contributed by atoms with Gasteiger partial charge in [0.15, 0.2) is 0 Å². The van der Waals surface area contributed by atoms with Crippen molar-refractivity contribution in [1.82, 2.24) is 29.3 Å². The Labute approximate surface area is 166 Å². The van der Waals surface area contributed by atoms with Crippen molar-refractivity contribution in [3.05, 3.63) is 47.5 Å². The molecular weight excluding hydrogens is 421 g/mol. The van der Waals surface area contributed by atoms with Gasteiger partial charge in [-0.05, 0) is 6.92 Å². The van der Waals surface area contributed by atoms with Crippen LogP contribution in [0.4, 0.5) is 0 Å². The molecule has 27 heavy (non-hydrogen) atoms. The van der Waals surface area contributed by atoms with E-state index in [0.29, 0.717) is 11.3 Å². The minimum atomic E-state index is -1.97. The standard InChI is InChI=1S/C18H24GeN6OS/c1-12-14(18(26)23-27-15-11-24(6)21-13(15)2)7-8-17(20-12)25-10-9-16(22-25)19(3,4)5/h7-11H,1-6H3,(H,23,26). The van der Waals surface area contributed by atoms with Gasteiger partial charge in [-0.15, -0.1) is 0 Å². The minimum absolute atomic E-state index is 0.175. The van der Waals surface area contributed by atoms with Gasteiger partial charge >= 0.3 is 142 Å². The molecule has 0 aromatic carbocycles. The maximum atomic E-state index is 12.5. The Kier molecular flexibility index (Phi) is 5.48. The Hall–Kier alpha value is -2.07. The van der Waals surface area contributed by atoms with Crippen LogP contribution >= 0.6 is 11.9 Å². The van der Waals surface area contributed by atoms with Crippen molar-refractivity contribution in [3.8, 4) is 5.82 Å². The van der Waals surface area contributed by atoms with E-state index in [1.165, 1.54) is 16.5 Å².